The highest BCUT2D eigenvalue weighted by molar-refractivity contribution is 6.09. The number of urea groups is 1. The number of imide groups is 1. The lowest BCUT2D eigenvalue weighted by Gasteiger charge is -2.40. The zero-order chi connectivity index (χ0) is 39.1. The third kappa shape index (κ3) is 7.52. The lowest BCUT2D eigenvalue weighted by Crippen LogP contribution is -2.49. The molecule has 3 aromatic heterocycles. The molecule has 0 radical (unpaired) electrons. The van der Waals surface area contributed by atoms with Gasteiger partial charge in [0.1, 0.15) is 11.4 Å². The monoisotopic (exact) mass is 763 g/mol. The third-order valence-electron chi connectivity index (χ3n) is 11.5. The number of amides is 4. The number of aryl methyl sites for hydroxylation is 1. The topological polar surface area (TPSA) is 169 Å². The molecule has 0 bridgehead atoms. The van der Waals surface area contributed by atoms with E-state index in [0.29, 0.717) is 29.6 Å². The Morgan fingerprint density at radius 2 is 1.84 bits per heavy atom. The number of hydrogen-bond acceptors (Lipinski definition) is 9. The highest BCUT2D eigenvalue weighted by atomic mass is 16.5. The van der Waals surface area contributed by atoms with Crippen LogP contribution in [0.3, 0.4) is 0 Å². The first kappa shape index (κ1) is 37.4. The number of nitrogens with zero attached hydrogens (tertiary/aromatic N) is 6. The number of fused-ring (bicyclic) bond motifs is 2. The van der Waals surface area contributed by atoms with Gasteiger partial charge in [-0.3, -0.25) is 34.0 Å². The molecule has 5 aromatic rings. The number of carbonyl (C=O) groups is 3. The quantitative estimate of drug-likeness (QED) is 0.170. The molecule has 2 aliphatic heterocycles. The zero-order valence-electron chi connectivity index (χ0n) is 32.3. The van der Waals surface area contributed by atoms with Gasteiger partial charge >= 0.3 is 6.03 Å². The minimum atomic E-state index is -0.437. The summed E-state index contributed by atoms with van der Waals surface area (Å²) in [5.74, 6) is 1.13. The minimum Gasteiger partial charge on any atom is -0.490 e. The number of aromatic amines is 1. The Kier molecular flexibility index (Phi) is 10.4. The van der Waals surface area contributed by atoms with Crippen molar-refractivity contribution in [2.24, 2.45) is 13.0 Å². The molecule has 8 rings (SSSR count). The van der Waals surface area contributed by atoms with Gasteiger partial charge in [-0.15, -0.1) is 0 Å². The van der Waals surface area contributed by atoms with Crippen LogP contribution in [0.25, 0.3) is 21.8 Å². The average molecular weight is 764 g/mol. The number of anilines is 2. The summed E-state index contributed by atoms with van der Waals surface area (Å²) >= 11 is 0. The van der Waals surface area contributed by atoms with Crippen LogP contribution >= 0.6 is 0 Å². The van der Waals surface area contributed by atoms with E-state index < -0.39 is 11.9 Å². The van der Waals surface area contributed by atoms with Crippen molar-refractivity contribution >= 4 is 51.2 Å². The van der Waals surface area contributed by atoms with Crippen molar-refractivity contribution in [2.75, 3.05) is 43.5 Å². The Bertz CT molecular complexity index is 2340. The van der Waals surface area contributed by atoms with Crippen LogP contribution in [-0.2, 0) is 16.6 Å². The van der Waals surface area contributed by atoms with Gasteiger partial charge < -0.3 is 24.7 Å². The average Bonchev–Trinajstić information content (AvgIpc) is 3.75. The van der Waals surface area contributed by atoms with E-state index in [9.17, 15) is 19.2 Å². The fourth-order valence-corrected chi connectivity index (χ4v) is 8.67. The summed E-state index contributed by atoms with van der Waals surface area (Å²) in [5.41, 5.74) is 3.06. The molecule has 1 aliphatic carbocycles. The van der Waals surface area contributed by atoms with Gasteiger partial charge in [0.15, 0.2) is 5.82 Å². The Labute approximate surface area is 324 Å². The number of H-pyrrole nitrogens is 1. The summed E-state index contributed by atoms with van der Waals surface area (Å²) in [6.07, 6.45) is 8.90. The highest BCUT2D eigenvalue weighted by Gasteiger charge is 2.34. The van der Waals surface area contributed by atoms with E-state index in [0.717, 1.165) is 73.5 Å². The largest absolute Gasteiger partial charge is 0.490 e. The molecule has 2 atom stereocenters. The van der Waals surface area contributed by atoms with Crippen molar-refractivity contribution in [3.63, 3.8) is 0 Å². The molecule has 2 saturated heterocycles. The molecular formula is C41H49N9O6. The number of hydrogen-bond donors (Lipinski definition) is 3. The van der Waals surface area contributed by atoms with Gasteiger partial charge in [0.25, 0.3) is 11.5 Å². The second-order valence-electron chi connectivity index (χ2n) is 15.6. The van der Waals surface area contributed by atoms with Gasteiger partial charge in [-0.2, -0.15) is 10.2 Å². The second kappa shape index (κ2) is 15.5. The molecule has 0 spiro atoms. The maximum atomic E-state index is 13.4. The van der Waals surface area contributed by atoms with E-state index in [-0.39, 0.29) is 47.7 Å². The van der Waals surface area contributed by atoms with Crippen LogP contribution in [0.15, 0.2) is 59.7 Å². The molecule has 2 unspecified atom stereocenters. The molecule has 15 heteroatoms. The van der Waals surface area contributed by atoms with Crippen molar-refractivity contribution in [1.82, 2.24) is 34.8 Å². The van der Waals surface area contributed by atoms with Crippen molar-refractivity contribution in [3.05, 3.63) is 76.3 Å². The number of nitrogens with one attached hydrogen (secondary N) is 3. The highest BCUT2D eigenvalue weighted by Crippen LogP contribution is 2.38. The summed E-state index contributed by atoms with van der Waals surface area (Å²) in [7, 11) is 3.69. The number of rotatable bonds is 10. The normalized spacial score (nSPS) is 22.2. The SMILES string of the molecule is COC1CN(CC2CCC(n3cc4cc(C(=O)Nc5ccc[nH]c5=O)c(OC(C)C)cc4n3)CC2)CCC1c1ccc2c(N3CCC(=O)NC3=O)nn(C)c2c1. The maximum absolute atomic E-state index is 13.4. The summed E-state index contributed by atoms with van der Waals surface area (Å²) < 4.78 is 16.0. The Balaban J connectivity index is 0.895. The Morgan fingerprint density at radius 3 is 2.59 bits per heavy atom. The van der Waals surface area contributed by atoms with Gasteiger partial charge in [0.2, 0.25) is 5.91 Å². The lowest BCUT2D eigenvalue weighted by atomic mass is 9.83. The van der Waals surface area contributed by atoms with E-state index in [4.69, 9.17) is 14.6 Å². The number of benzene rings is 2. The van der Waals surface area contributed by atoms with Crippen LogP contribution in [0.2, 0.25) is 0 Å². The van der Waals surface area contributed by atoms with E-state index >= 15 is 0 Å². The van der Waals surface area contributed by atoms with Crippen LogP contribution in [0, 0.1) is 5.92 Å². The predicted octanol–water partition coefficient (Wildman–Crippen LogP) is 5.33. The van der Waals surface area contributed by atoms with Crippen LogP contribution in [0.5, 0.6) is 5.75 Å². The summed E-state index contributed by atoms with van der Waals surface area (Å²) in [6.45, 7) is 7.01. The molecule has 3 fully saturated rings. The second-order valence-corrected chi connectivity index (χ2v) is 15.6. The number of aromatic nitrogens is 5. The summed E-state index contributed by atoms with van der Waals surface area (Å²) in [6, 6.07) is 13.0. The van der Waals surface area contributed by atoms with Crippen molar-refractivity contribution in [1.29, 1.82) is 0 Å². The smallest absolute Gasteiger partial charge is 0.329 e. The molecule has 5 heterocycles. The fraction of sp³-hybridized carbons (Fsp3) is 0.463. The number of methoxy groups -OCH3 is 1. The predicted molar refractivity (Wildman–Crippen MR) is 212 cm³/mol. The molecule has 3 N–H and O–H groups in total. The van der Waals surface area contributed by atoms with Crippen molar-refractivity contribution in [2.45, 2.75) is 76.5 Å². The first-order valence-corrected chi connectivity index (χ1v) is 19.6. The van der Waals surface area contributed by atoms with Crippen LogP contribution < -0.4 is 25.8 Å². The van der Waals surface area contributed by atoms with Crippen LogP contribution in [-0.4, -0.2) is 92.8 Å². The molecule has 3 aliphatic rings. The lowest BCUT2D eigenvalue weighted by molar-refractivity contribution is -0.120. The molecule has 2 aromatic carbocycles. The molecule has 4 amide bonds. The fourth-order valence-electron chi connectivity index (χ4n) is 8.67. The van der Waals surface area contributed by atoms with Crippen molar-refractivity contribution < 1.29 is 23.9 Å². The van der Waals surface area contributed by atoms with Gasteiger partial charge in [0, 0.05) is 75.4 Å². The van der Waals surface area contributed by atoms with Gasteiger partial charge in [0.05, 0.1) is 34.8 Å². The van der Waals surface area contributed by atoms with Gasteiger partial charge in [-0.05, 0) is 94.3 Å². The third-order valence-corrected chi connectivity index (χ3v) is 11.5. The van der Waals surface area contributed by atoms with E-state index in [1.807, 2.05) is 43.9 Å². The Hall–Kier alpha value is -5.54. The van der Waals surface area contributed by atoms with Crippen LogP contribution in [0.4, 0.5) is 16.3 Å². The van der Waals surface area contributed by atoms with Crippen LogP contribution in [0.1, 0.15) is 80.3 Å². The molecule has 15 nitrogen and oxygen atoms in total. The van der Waals surface area contributed by atoms with Crippen molar-refractivity contribution in [3.8, 4) is 5.75 Å². The standard InChI is InChI=1S/C41H49N9O6/c1-24(2)56-35-20-33-27(18-31(35)39(52)43-32-6-5-15-42-40(32)53)22-50(45-33)28-10-7-25(8-11-28)21-48-16-13-29(36(23-48)55-4)26-9-12-30-34(19-26)47(3)46-38(30)49-17-14-37(51)44-41(49)54/h5-6,9,12,15,18-20,22,24-25,28-29,36H,7-8,10-11,13-14,16-17,21,23H2,1-4H3,(H,42,53)(H,43,52)(H,44,51,54). The maximum Gasteiger partial charge on any atom is 0.329 e. The first-order chi connectivity index (χ1) is 27.0. The molecular weight excluding hydrogens is 715 g/mol. The molecule has 1 saturated carbocycles. The minimum absolute atomic E-state index is 0.0468. The summed E-state index contributed by atoms with van der Waals surface area (Å²) in [4.78, 5) is 56.5. The number of likely N-dealkylation sites (tertiary alicyclic amines) is 1. The van der Waals surface area contributed by atoms with Gasteiger partial charge in [-0.1, -0.05) is 6.07 Å². The van der Waals surface area contributed by atoms with Gasteiger partial charge in [-0.25, -0.2) is 4.79 Å². The zero-order valence-corrected chi connectivity index (χ0v) is 32.3. The van der Waals surface area contributed by atoms with E-state index in [2.05, 4.69) is 42.4 Å². The van der Waals surface area contributed by atoms with E-state index in [1.54, 1.807) is 30.2 Å². The Morgan fingerprint density at radius 1 is 1.02 bits per heavy atom. The summed E-state index contributed by atoms with van der Waals surface area (Å²) in [5, 5.41) is 16.5. The number of ether oxygens (including phenoxy) is 2. The van der Waals surface area contributed by atoms with E-state index in [1.165, 1.54) is 11.8 Å². The number of carbonyl (C=O) groups excluding carboxylic acids is 3. The number of piperidine rings is 1. The molecule has 56 heavy (non-hydrogen) atoms. The first-order valence-electron chi connectivity index (χ1n) is 19.6. The molecule has 294 valence electrons. The number of pyridine rings is 1.